The van der Waals surface area contributed by atoms with Gasteiger partial charge in [0.1, 0.15) is 17.2 Å². The average Bonchev–Trinajstić information content (AvgIpc) is 3.76. The van der Waals surface area contributed by atoms with E-state index in [9.17, 15) is 4.79 Å². The molecule has 0 fully saturated rings. The Hall–Kier alpha value is -4.47. The number of ether oxygens (including phenoxy) is 2. The molecule has 3 heterocycles. The summed E-state index contributed by atoms with van der Waals surface area (Å²) >= 11 is 7.88. The van der Waals surface area contributed by atoms with Crippen LogP contribution < -0.4 is 19.6 Å². The Kier molecular flexibility index (Phi) is 9.57. The van der Waals surface area contributed by atoms with Crippen LogP contribution in [0.2, 0.25) is 5.02 Å². The van der Waals surface area contributed by atoms with Crippen molar-refractivity contribution in [3.05, 3.63) is 104 Å². The van der Waals surface area contributed by atoms with Gasteiger partial charge in [-0.25, -0.2) is 4.68 Å². The lowest BCUT2D eigenvalue weighted by molar-refractivity contribution is 0.305. The van der Waals surface area contributed by atoms with Gasteiger partial charge in [-0.3, -0.25) is 4.79 Å². The second-order valence-corrected chi connectivity index (χ2v) is 12.1. The highest BCUT2D eigenvalue weighted by molar-refractivity contribution is 7.15. The maximum Gasteiger partial charge on any atom is 0.291 e. The predicted molar refractivity (Wildman–Crippen MR) is 181 cm³/mol. The second-order valence-electron chi connectivity index (χ2n) is 10.7. The molecule has 0 aliphatic carbocycles. The molecule has 3 aromatic heterocycles. The Morgan fingerprint density at radius 3 is 2.40 bits per heavy atom. The molecule has 0 saturated heterocycles. The highest BCUT2D eigenvalue weighted by atomic mass is 35.5. The van der Waals surface area contributed by atoms with Gasteiger partial charge in [0.25, 0.3) is 5.56 Å². The highest BCUT2D eigenvalue weighted by Crippen LogP contribution is 2.32. The van der Waals surface area contributed by atoms with Crippen LogP contribution in [0.1, 0.15) is 51.5 Å². The molecule has 0 bridgehead atoms. The van der Waals surface area contributed by atoms with E-state index in [2.05, 4.69) is 17.0 Å². The summed E-state index contributed by atoms with van der Waals surface area (Å²) in [4.78, 5) is 18.7. The predicted octanol–water partition coefficient (Wildman–Crippen LogP) is 7.62. The van der Waals surface area contributed by atoms with Gasteiger partial charge in [0.15, 0.2) is 5.82 Å². The first-order valence-electron chi connectivity index (χ1n) is 15.3. The molecular formula is C35H34ClN5O3S. The summed E-state index contributed by atoms with van der Waals surface area (Å²) in [5, 5.41) is 9.93. The number of hydrogen-bond acceptors (Lipinski definition) is 7. The van der Waals surface area contributed by atoms with Crippen molar-refractivity contribution in [3.63, 3.8) is 0 Å². The normalized spacial score (nSPS) is 11.8. The first kappa shape index (κ1) is 30.6. The van der Waals surface area contributed by atoms with Gasteiger partial charge in [-0.2, -0.15) is 14.6 Å². The zero-order chi connectivity index (χ0) is 31.2. The first-order chi connectivity index (χ1) is 22.0. The van der Waals surface area contributed by atoms with Crippen molar-refractivity contribution in [2.24, 2.45) is 0 Å². The SMILES string of the molecule is CCCCCCOc1ccc(-c2nc3s/c(=C\c4cn(-c5ccccc5)nc4-c4ccc(OCCC)c(Cl)c4)c(=O)n3n2)cc1. The minimum Gasteiger partial charge on any atom is -0.494 e. The molecule has 45 heavy (non-hydrogen) atoms. The van der Waals surface area contributed by atoms with E-state index < -0.39 is 0 Å². The number of unbranched alkanes of at least 4 members (excludes halogenated alkanes) is 3. The van der Waals surface area contributed by atoms with E-state index in [0.29, 0.717) is 45.0 Å². The van der Waals surface area contributed by atoms with Gasteiger partial charge in [0, 0.05) is 22.9 Å². The molecule has 0 amide bonds. The van der Waals surface area contributed by atoms with Gasteiger partial charge in [-0.05, 0) is 73.5 Å². The van der Waals surface area contributed by atoms with E-state index >= 15 is 0 Å². The van der Waals surface area contributed by atoms with Crippen molar-refractivity contribution in [2.75, 3.05) is 13.2 Å². The van der Waals surface area contributed by atoms with E-state index in [1.54, 1.807) is 4.68 Å². The van der Waals surface area contributed by atoms with Gasteiger partial charge in [0.05, 0.1) is 28.5 Å². The number of para-hydroxylation sites is 1. The molecule has 230 valence electrons. The molecule has 0 spiro atoms. The summed E-state index contributed by atoms with van der Waals surface area (Å²) in [6.45, 7) is 5.53. The number of aromatic nitrogens is 5. The Balaban J connectivity index is 1.31. The minimum atomic E-state index is -0.236. The summed E-state index contributed by atoms with van der Waals surface area (Å²) < 4.78 is 15.3. The molecule has 0 radical (unpaired) electrons. The van der Waals surface area contributed by atoms with Crippen LogP contribution in [-0.2, 0) is 0 Å². The lowest BCUT2D eigenvalue weighted by atomic mass is 10.1. The number of nitrogens with zero attached hydrogens (tertiary/aromatic N) is 5. The van der Waals surface area contributed by atoms with Crippen LogP contribution in [0.5, 0.6) is 11.5 Å². The minimum absolute atomic E-state index is 0.236. The number of hydrogen-bond donors (Lipinski definition) is 0. The van der Waals surface area contributed by atoms with Crippen LogP contribution in [0.4, 0.5) is 0 Å². The fraction of sp³-hybridized carbons (Fsp3) is 0.257. The first-order valence-corrected chi connectivity index (χ1v) is 16.5. The monoisotopic (exact) mass is 639 g/mol. The summed E-state index contributed by atoms with van der Waals surface area (Å²) in [5.74, 6) is 1.94. The van der Waals surface area contributed by atoms with Gasteiger partial charge < -0.3 is 9.47 Å². The lowest BCUT2D eigenvalue weighted by Crippen LogP contribution is -2.23. The number of halogens is 1. The molecule has 8 nitrogen and oxygen atoms in total. The third-order valence-corrected chi connectivity index (χ3v) is 8.53. The van der Waals surface area contributed by atoms with Crippen molar-refractivity contribution >= 4 is 34.0 Å². The fourth-order valence-corrected chi connectivity index (χ4v) is 6.06. The second kappa shape index (κ2) is 14.1. The van der Waals surface area contributed by atoms with Crippen molar-refractivity contribution in [1.82, 2.24) is 24.4 Å². The van der Waals surface area contributed by atoms with Crippen LogP contribution in [0.15, 0.2) is 83.8 Å². The van der Waals surface area contributed by atoms with E-state index in [1.807, 2.05) is 92.0 Å². The molecule has 0 saturated carbocycles. The van der Waals surface area contributed by atoms with Crippen LogP contribution >= 0.6 is 22.9 Å². The van der Waals surface area contributed by atoms with Gasteiger partial charge in [-0.15, -0.1) is 5.10 Å². The molecular weight excluding hydrogens is 606 g/mol. The van der Waals surface area contributed by atoms with Crippen molar-refractivity contribution < 1.29 is 9.47 Å². The third-order valence-electron chi connectivity index (χ3n) is 7.28. The smallest absolute Gasteiger partial charge is 0.291 e. The zero-order valence-electron chi connectivity index (χ0n) is 25.3. The fourth-order valence-electron chi connectivity index (χ4n) is 4.92. The number of rotatable bonds is 13. The van der Waals surface area contributed by atoms with E-state index in [0.717, 1.165) is 41.0 Å². The molecule has 0 aliphatic rings. The van der Waals surface area contributed by atoms with E-state index in [1.165, 1.54) is 35.1 Å². The lowest BCUT2D eigenvalue weighted by Gasteiger charge is -2.08. The largest absolute Gasteiger partial charge is 0.494 e. The molecule has 0 N–H and O–H groups in total. The van der Waals surface area contributed by atoms with Crippen molar-refractivity contribution in [3.8, 4) is 39.8 Å². The molecule has 0 aliphatic heterocycles. The number of thiazole rings is 1. The summed E-state index contributed by atoms with van der Waals surface area (Å²) in [6, 6.07) is 23.1. The van der Waals surface area contributed by atoms with E-state index in [4.69, 9.17) is 26.2 Å². The van der Waals surface area contributed by atoms with Crippen LogP contribution in [0.25, 0.3) is 39.4 Å². The average molecular weight is 640 g/mol. The number of fused-ring (bicyclic) bond motifs is 1. The quantitative estimate of drug-likeness (QED) is 0.121. The topological polar surface area (TPSA) is 83.5 Å². The maximum atomic E-state index is 13.5. The van der Waals surface area contributed by atoms with Crippen molar-refractivity contribution in [1.29, 1.82) is 0 Å². The summed E-state index contributed by atoms with van der Waals surface area (Å²) in [5.41, 5.74) is 3.76. The van der Waals surface area contributed by atoms with Crippen LogP contribution in [0, 0.1) is 0 Å². The van der Waals surface area contributed by atoms with Gasteiger partial charge in [-0.1, -0.05) is 74.2 Å². The molecule has 6 aromatic rings. The number of benzene rings is 3. The van der Waals surface area contributed by atoms with E-state index in [-0.39, 0.29) is 5.56 Å². The van der Waals surface area contributed by atoms with Gasteiger partial charge >= 0.3 is 0 Å². The maximum absolute atomic E-state index is 13.5. The Morgan fingerprint density at radius 1 is 0.867 bits per heavy atom. The van der Waals surface area contributed by atoms with Gasteiger partial charge in [0.2, 0.25) is 4.96 Å². The Morgan fingerprint density at radius 2 is 1.67 bits per heavy atom. The summed E-state index contributed by atoms with van der Waals surface area (Å²) in [7, 11) is 0. The molecule has 10 heteroatoms. The zero-order valence-corrected chi connectivity index (χ0v) is 26.9. The Labute approximate surface area is 270 Å². The van der Waals surface area contributed by atoms with Crippen LogP contribution in [-0.4, -0.2) is 37.6 Å². The molecule has 0 unspecified atom stereocenters. The van der Waals surface area contributed by atoms with Crippen LogP contribution in [0.3, 0.4) is 0 Å². The van der Waals surface area contributed by atoms with Crippen molar-refractivity contribution in [2.45, 2.75) is 46.0 Å². The standard InChI is InChI=1S/C35H34ClN5O3S/c1-3-5-6-10-20-43-28-16-13-24(14-17-28)33-37-35-41(39-33)34(42)31(45-35)22-26-23-40(27-11-8-7-9-12-27)38-32(26)25-15-18-30(29(36)21-25)44-19-4-2/h7-9,11-18,21-23H,3-6,10,19-20H2,1-2H3/b31-22-. The molecule has 6 rings (SSSR count). The summed E-state index contributed by atoms with van der Waals surface area (Å²) in [6.07, 6.45) is 9.28. The highest BCUT2D eigenvalue weighted by Gasteiger charge is 2.16. The molecule has 3 aromatic carbocycles. The Bertz CT molecular complexity index is 2000. The molecule has 0 atom stereocenters. The third kappa shape index (κ3) is 6.95.